The van der Waals surface area contributed by atoms with Gasteiger partial charge in [0.2, 0.25) is 5.75 Å². The maximum Gasteiger partial charge on any atom is 0.255 e. The molecule has 150 valence electrons. The number of carbonyl (C=O) groups excluding carboxylic acids is 1. The number of rotatable bonds is 6. The maximum absolute atomic E-state index is 12.7. The fourth-order valence-electron chi connectivity index (χ4n) is 3.06. The molecule has 8 heteroatoms. The fourth-order valence-corrected chi connectivity index (χ4v) is 3.36. The van der Waals surface area contributed by atoms with Crippen LogP contribution < -0.4 is 24.4 Å². The third-order valence-electron chi connectivity index (χ3n) is 4.48. The summed E-state index contributed by atoms with van der Waals surface area (Å²) in [5, 5.41) is 3.42. The molecule has 0 bridgehead atoms. The SMILES string of the molecule is COc1cc(C(=O)Nc2ccc(N3CCOCC3)c(Cl)c2)cc(OC)c1OC. The molecule has 7 nitrogen and oxygen atoms in total. The van der Waals surface area contributed by atoms with Gasteiger partial charge in [-0.15, -0.1) is 0 Å². The highest BCUT2D eigenvalue weighted by molar-refractivity contribution is 6.33. The van der Waals surface area contributed by atoms with Crippen LogP contribution in [0.3, 0.4) is 0 Å². The van der Waals surface area contributed by atoms with E-state index in [0.29, 0.717) is 46.7 Å². The van der Waals surface area contributed by atoms with Crippen LogP contribution in [0.1, 0.15) is 10.4 Å². The molecule has 3 rings (SSSR count). The predicted octanol–water partition coefficient (Wildman–Crippen LogP) is 3.45. The second kappa shape index (κ2) is 9.03. The van der Waals surface area contributed by atoms with E-state index in [2.05, 4.69) is 10.2 Å². The van der Waals surface area contributed by atoms with Crippen LogP contribution >= 0.6 is 11.6 Å². The Hall–Kier alpha value is -2.64. The molecule has 2 aromatic rings. The monoisotopic (exact) mass is 406 g/mol. The van der Waals surface area contributed by atoms with Crippen LogP contribution in [0.2, 0.25) is 5.02 Å². The number of nitrogens with zero attached hydrogens (tertiary/aromatic N) is 1. The molecule has 2 aromatic carbocycles. The summed E-state index contributed by atoms with van der Waals surface area (Å²) in [6, 6.07) is 8.66. The highest BCUT2D eigenvalue weighted by Crippen LogP contribution is 2.38. The number of anilines is 2. The summed E-state index contributed by atoms with van der Waals surface area (Å²) < 4.78 is 21.3. The Labute approximate surface area is 169 Å². The number of amides is 1. The highest BCUT2D eigenvalue weighted by atomic mass is 35.5. The van der Waals surface area contributed by atoms with Crippen LogP contribution in [0.25, 0.3) is 0 Å². The van der Waals surface area contributed by atoms with Gasteiger partial charge in [-0.05, 0) is 30.3 Å². The molecule has 0 radical (unpaired) electrons. The first-order valence-corrected chi connectivity index (χ1v) is 9.18. The average Bonchev–Trinajstić information content (AvgIpc) is 2.73. The maximum atomic E-state index is 12.7. The smallest absolute Gasteiger partial charge is 0.255 e. The minimum Gasteiger partial charge on any atom is -0.493 e. The Kier molecular flexibility index (Phi) is 6.49. The molecule has 28 heavy (non-hydrogen) atoms. The molecule has 0 spiro atoms. The third-order valence-corrected chi connectivity index (χ3v) is 4.79. The van der Waals surface area contributed by atoms with Crippen molar-refractivity contribution in [3.63, 3.8) is 0 Å². The summed E-state index contributed by atoms with van der Waals surface area (Å²) in [6.45, 7) is 2.93. The van der Waals surface area contributed by atoms with Gasteiger partial charge >= 0.3 is 0 Å². The molecule has 0 atom stereocenters. The highest BCUT2D eigenvalue weighted by Gasteiger charge is 2.18. The number of hydrogen-bond acceptors (Lipinski definition) is 6. The summed E-state index contributed by atoms with van der Waals surface area (Å²) in [7, 11) is 4.52. The predicted molar refractivity (Wildman–Crippen MR) is 109 cm³/mol. The van der Waals surface area contributed by atoms with E-state index in [1.165, 1.54) is 21.3 Å². The minimum atomic E-state index is -0.311. The van der Waals surface area contributed by atoms with Crippen LogP contribution in [-0.4, -0.2) is 53.5 Å². The summed E-state index contributed by atoms with van der Waals surface area (Å²) in [5.74, 6) is 0.939. The quantitative estimate of drug-likeness (QED) is 0.792. The van der Waals surface area contributed by atoms with Gasteiger partial charge in [0.1, 0.15) is 0 Å². The van der Waals surface area contributed by atoms with E-state index >= 15 is 0 Å². The molecular formula is C20H23ClN2O5. The summed E-state index contributed by atoms with van der Waals surface area (Å²) in [6.07, 6.45) is 0. The Morgan fingerprint density at radius 1 is 1.04 bits per heavy atom. The molecule has 0 aromatic heterocycles. The Bertz CT molecular complexity index is 827. The van der Waals surface area contributed by atoms with E-state index in [4.69, 9.17) is 30.5 Å². The lowest BCUT2D eigenvalue weighted by atomic mass is 10.1. The van der Waals surface area contributed by atoms with Gasteiger partial charge in [-0.3, -0.25) is 4.79 Å². The van der Waals surface area contributed by atoms with Crippen molar-refractivity contribution in [2.45, 2.75) is 0 Å². The zero-order valence-corrected chi connectivity index (χ0v) is 16.8. The van der Waals surface area contributed by atoms with Gasteiger partial charge in [-0.2, -0.15) is 0 Å². The van der Waals surface area contributed by atoms with E-state index in [0.717, 1.165) is 18.8 Å². The summed E-state index contributed by atoms with van der Waals surface area (Å²) in [5.41, 5.74) is 1.90. The Balaban J connectivity index is 1.80. The molecule has 1 amide bonds. The number of benzene rings is 2. The number of nitrogens with one attached hydrogen (secondary N) is 1. The fraction of sp³-hybridized carbons (Fsp3) is 0.350. The topological polar surface area (TPSA) is 69.3 Å². The van der Waals surface area contributed by atoms with Gasteiger partial charge in [-0.25, -0.2) is 0 Å². The molecular weight excluding hydrogens is 384 g/mol. The second-order valence-electron chi connectivity index (χ2n) is 6.13. The van der Waals surface area contributed by atoms with Crippen molar-refractivity contribution in [3.05, 3.63) is 40.9 Å². The van der Waals surface area contributed by atoms with Crippen molar-refractivity contribution in [3.8, 4) is 17.2 Å². The van der Waals surface area contributed by atoms with E-state index in [1.54, 1.807) is 18.2 Å². The minimum absolute atomic E-state index is 0.311. The van der Waals surface area contributed by atoms with Gasteiger partial charge in [0, 0.05) is 24.3 Å². The van der Waals surface area contributed by atoms with E-state index in [9.17, 15) is 4.79 Å². The second-order valence-corrected chi connectivity index (χ2v) is 6.54. The molecule has 1 fully saturated rings. The number of methoxy groups -OCH3 is 3. The van der Waals surface area contributed by atoms with Crippen LogP contribution in [0.5, 0.6) is 17.2 Å². The molecule has 0 unspecified atom stereocenters. The number of halogens is 1. The lowest BCUT2D eigenvalue weighted by molar-refractivity contribution is 0.102. The number of morpholine rings is 1. The molecule has 1 saturated heterocycles. The van der Waals surface area contributed by atoms with Crippen molar-refractivity contribution in [1.82, 2.24) is 0 Å². The largest absolute Gasteiger partial charge is 0.493 e. The molecule has 1 N–H and O–H groups in total. The number of ether oxygens (including phenoxy) is 4. The van der Waals surface area contributed by atoms with Crippen molar-refractivity contribution >= 4 is 28.9 Å². The first-order chi connectivity index (χ1) is 13.6. The summed E-state index contributed by atoms with van der Waals surface area (Å²) in [4.78, 5) is 14.9. The zero-order valence-electron chi connectivity index (χ0n) is 16.1. The third kappa shape index (κ3) is 4.26. The standard InChI is InChI=1S/C20H23ClN2O5/c1-25-17-10-13(11-18(26-2)19(17)27-3)20(24)22-14-4-5-16(15(21)12-14)23-6-8-28-9-7-23/h4-5,10-12H,6-9H2,1-3H3,(H,22,24). The Morgan fingerprint density at radius 2 is 1.68 bits per heavy atom. The van der Waals surface area contributed by atoms with E-state index in [-0.39, 0.29) is 5.91 Å². The van der Waals surface area contributed by atoms with Gasteiger partial charge in [-0.1, -0.05) is 11.6 Å². The van der Waals surface area contributed by atoms with Gasteiger partial charge in [0.25, 0.3) is 5.91 Å². The van der Waals surface area contributed by atoms with Gasteiger partial charge < -0.3 is 29.2 Å². The van der Waals surface area contributed by atoms with Crippen molar-refractivity contribution in [2.24, 2.45) is 0 Å². The zero-order chi connectivity index (χ0) is 20.1. The molecule has 0 aliphatic carbocycles. The van der Waals surface area contributed by atoms with Crippen LogP contribution in [-0.2, 0) is 4.74 Å². The van der Waals surface area contributed by atoms with Gasteiger partial charge in [0.15, 0.2) is 11.5 Å². The lowest BCUT2D eigenvalue weighted by Crippen LogP contribution is -2.36. The van der Waals surface area contributed by atoms with Gasteiger partial charge in [0.05, 0.1) is 45.3 Å². The van der Waals surface area contributed by atoms with Crippen LogP contribution in [0, 0.1) is 0 Å². The molecule has 1 aliphatic rings. The number of hydrogen-bond donors (Lipinski definition) is 1. The van der Waals surface area contributed by atoms with E-state index in [1.807, 2.05) is 12.1 Å². The van der Waals surface area contributed by atoms with Crippen molar-refractivity contribution in [1.29, 1.82) is 0 Å². The van der Waals surface area contributed by atoms with Crippen molar-refractivity contribution in [2.75, 3.05) is 57.8 Å². The summed E-state index contributed by atoms with van der Waals surface area (Å²) >= 11 is 6.44. The Morgan fingerprint density at radius 3 is 2.21 bits per heavy atom. The first-order valence-electron chi connectivity index (χ1n) is 8.81. The molecule has 0 saturated carbocycles. The van der Waals surface area contributed by atoms with Crippen molar-refractivity contribution < 1.29 is 23.7 Å². The normalized spacial score (nSPS) is 13.8. The first kappa shape index (κ1) is 20.1. The van der Waals surface area contributed by atoms with Crippen LogP contribution in [0.15, 0.2) is 30.3 Å². The number of carbonyl (C=O) groups is 1. The average molecular weight is 407 g/mol. The lowest BCUT2D eigenvalue weighted by Gasteiger charge is -2.29. The van der Waals surface area contributed by atoms with Crippen LogP contribution in [0.4, 0.5) is 11.4 Å². The molecule has 1 aliphatic heterocycles. The van der Waals surface area contributed by atoms with E-state index < -0.39 is 0 Å². The molecule has 1 heterocycles.